The largest absolute Gasteiger partial charge is 0.347 e. The second-order valence-corrected chi connectivity index (χ2v) is 8.73. The molecule has 7 nitrogen and oxygen atoms in total. The fourth-order valence-corrected chi connectivity index (χ4v) is 1.93. The van der Waals surface area contributed by atoms with Crippen molar-refractivity contribution in [3.8, 4) is 0 Å². The summed E-state index contributed by atoms with van der Waals surface area (Å²) in [5.74, 6) is 0.529. The van der Waals surface area contributed by atoms with Crippen molar-refractivity contribution >= 4 is 11.7 Å². The van der Waals surface area contributed by atoms with Crippen LogP contribution in [0.25, 0.3) is 0 Å². The Hall–Kier alpha value is -2.54. The van der Waals surface area contributed by atoms with Crippen molar-refractivity contribution in [3.63, 3.8) is 0 Å². The van der Waals surface area contributed by atoms with Gasteiger partial charge in [0.25, 0.3) is 0 Å². The van der Waals surface area contributed by atoms with E-state index in [1.165, 1.54) is 10.2 Å². The van der Waals surface area contributed by atoms with E-state index in [-0.39, 0.29) is 30.7 Å². The van der Waals surface area contributed by atoms with Gasteiger partial charge in [-0.1, -0.05) is 89.6 Å². The van der Waals surface area contributed by atoms with Crippen LogP contribution in [-0.4, -0.2) is 39.3 Å². The second-order valence-electron chi connectivity index (χ2n) is 8.73. The highest BCUT2D eigenvalue weighted by atomic mass is 16.2. The van der Waals surface area contributed by atoms with Crippen molar-refractivity contribution in [1.82, 2.24) is 25.6 Å². The van der Waals surface area contributed by atoms with Crippen molar-refractivity contribution in [2.75, 3.05) is 6.54 Å². The maximum absolute atomic E-state index is 11.6. The van der Waals surface area contributed by atoms with Gasteiger partial charge in [-0.2, -0.15) is 0 Å². The van der Waals surface area contributed by atoms with Crippen LogP contribution in [0.2, 0.25) is 0 Å². The summed E-state index contributed by atoms with van der Waals surface area (Å²) >= 11 is 0. The Balaban J connectivity index is 0.000000666. The van der Waals surface area contributed by atoms with E-state index in [0.717, 1.165) is 11.6 Å². The summed E-state index contributed by atoms with van der Waals surface area (Å²) in [6, 6.07) is 10.6. The zero-order chi connectivity index (χ0) is 23.8. The number of benzene rings is 1. The van der Waals surface area contributed by atoms with E-state index >= 15 is 0 Å². The van der Waals surface area contributed by atoms with Crippen molar-refractivity contribution in [2.45, 2.75) is 74.5 Å². The molecule has 0 aliphatic heterocycles. The molecular formula is C24H41N5O2. The molecule has 2 aromatic rings. The topological polar surface area (TPSA) is 88.9 Å². The fraction of sp³-hybridized carbons (Fsp3) is 0.583. The lowest BCUT2D eigenvalue weighted by molar-refractivity contribution is -0.126. The molecule has 0 saturated carbocycles. The van der Waals surface area contributed by atoms with Crippen LogP contribution in [0.15, 0.2) is 36.5 Å². The lowest BCUT2D eigenvalue weighted by atomic mass is 10.1. The van der Waals surface area contributed by atoms with Crippen molar-refractivity contribution in [2.24, 2.45) is 11.8 Å². The lowest BCUT2D eigenvalue weighted by Gasteiger charge is -2.06. The SMILES string of the molecule is CC(C)C.CC(C)NCc1cn(CC(=O)NCC(=O)C(C)C)nn1.Cc1ccccc1. The molecule has 7 heteroatoms. The molecule has 0 fully saturated rings. The van der Waals surface area contributed by atoms with Crippen molar-refractivity contribution < 1.29 is 9.59 Å². The van der Waals surface area contributed by atoms with E-state index in [2.05, 4.69) is 60.8 Å². The molecule has 1 aromatic heterocycles. The summed E-state index contributed by atoms with van der Waals surface area (Å²) in [5, 5.41) is 13.6. The van der Waals surface area contributed by atoms with Gasteiger partial charge >= 0.3 is 0 Å². The van der Waals surface area contributed by atoms with Crippen LogP contribution >= 0.6 is 0 Å². The minimum atomic E-state index is -0.243. The second kappa shape index (κ2) is 16.2. The smallest absolute Gasteiger partial charge is 0.242 e. The van der Waals surface area contributed by atoms with Gasteiger partial charge in [0.15, 0.2) is 5.78 Å². The molecule has 0 atom stereocenters. The van der Waals surface area contributed by atoms with E-state index in [1.807, 2.05) is 32.0 Å². The van der Waals surface area contributed by atoms with Gasteiger partial charge in [-0.15, -0.1) is 5.10 Å². The Morgan fingerprint density at radius 3 is 2.03 bits per heavy atom. The van der Waals surface area contributed by atoms with E-state index in [0.29, 0.717) is 12.6 Å². The van der Waals surface area contributed by atoms with E-state index < -0.39 is 0 Å². The monoisotopic (exact) mass is 431 g/mol. The van der Waals surface area contributed by atoms with Crippen molar-refractivity contribution in [3.05, 3.63) is 47.8 Å². The van der Waals surface area contributed by atoms with Gasteiger partial charge in [-0.25, -0.2) is 4.68 Å². The van der Waals surface area contributed by atoms with E-state index in [9.17, 15) is 9.59 Å². The molecule has 2 N–H and O–H groups in total. The summed E-state index contributed by atoms with van der Waals surface area (Å²) in [7, 11) is 0. The van der Waals surface area contributed by atoms with Crippen molar-refractivity contribution in [1.29, 1.82) is 0 Å². The Kier molecular flexibility index (Phi) is 14.9. The molecule has 1 heterocycles. The van der Waals surface area contributed by atoms with Gasteiger partial charge in [0, 0.05) is 18.5 Å². The number of nitrogens with zero attached hydrogens (tertiary/aromatic N) is 3. The zero-order valence-electron chi connectivity index (χ0n) is 20.5. The maximum atomic E-state index is 11.6. The molecular weight excluding hydrogens is 390 g/mol. The molecule has 1 aromatic carbocycles. The molecule has 1 amide bonds. The van der Waals surface area contributed by atoms with Gasteiger partial charge in [0.05, 0.1) is 18.4 Å². The van der Waals surface area contributed by atoms with Gasteiger partial charge in [-0.05, 0) is 12.8 Å². The molecule has 0 radical (unpaired) electrons. The highest BCUT2D eigenvalue weighted by Crippen LogP contribution is 1.95. The summed E-state index contributed by atoms with van der Waals surface area (Å²) < 4.78 is 1.46. The number of carbonyl (C=O) groups excluding carboxylic acids is 2. The standard InChI is InChI=1S/C13H23N5O2.C7H8.C4H10/c1-9(2)12(19)6-15-13(20)8-18-7-11(16-17-18)5-14-10(3)4;1-7-5-3-2-4-6-7;1-4(2)3/h7,9-10,14H,5-6,8H2,1-4H3,(H,15,20);2-6H,1H3;4H,1-3H3. The van der Waals surface area contributed by atoms with Crippen LogP contribution in [0.3, 0.4) is 0 Å². The van der Waals surface area contributed by atoms with Crippen LogP contribution in [0.5, 0.6) is 0 Å². The minimum Gasteiger partial charge on any atom is -0.347 e. The molecule has 174 valence electrons. The Bertz CT molecular complexity index is 737. The Labute approximate surface area is 188 Å². The van der Waals surface area contributed by atoms with Crippen LogP contribution < -0.4 is 10.6 Å². The number of aromatic nitrogens is 3. The third kappa shape index (κ3) is 16.9. The maximum Gasteiger partial charge on any atom is 0.242 e. The molecule has 0 unspecified atom stereocenters. The number of carbonyl (C=O) groups is 2. The van der Waals surface area contributed by atoms with Gasteiger partial charge in [-0.3, -0.25) is 9.59 Å². The molecule has 0 aliphatic rings. The summed E-state index contributed by atoms with van der Waals surface area (Å²) in [4.78, 5) is 23.0. The third-order valence-corrected chi connectivity index (χ3v) is 3.63. The number of amides is 1. The molecule has 31 heavy (non-hydrogen) atoms. The highest BCUT2D eigenvalue weighted by Gasteiger charge is 2.10. The van der Waals surface area contributed by atoms with Crippen LogP contribution in [0.4, 0.5) is 0 Å². The number of aryl methyl sites for hydroxylation is 1. The first-order valence-corrected chi connectivity index (χ1v) is 10.9. The average molecular weight is 432 g/mol. The molecule has 0 bridgehead atoms. The molecule has 2 rings (SSSR count). The van der Waals surface area contributed by atoms with E-state index in [4.69, 9.17) is 0 Å². The first-order valence-electron chi connectivity index (χ1n) is 10.9. The molecule has 0 saturated heterocycles. The lowest BCUT2D eigenvalue weighted by Crippen LogP contribution is -2.34. The number of hydrogen-bond acceptors (Lipinski definition) is 5. The van der Waals surface area contributed by atoms with E-state index in [1.54, 1.807) is 20.0 Å². The van der Waals surface area contributed by atoms with Gasteiger partial charge < -0.3 is 10.6 Å². The number of hydrogen-bond donors (Lipinski definition) is 2. The number of rotatable bonds is 8. The Morgan fingerprint density at radius 2 is 1.58 bits per heavy atom. The highest BCUT2D eigenvalue weighted by molar-refractivity contribution is 5.87. The molecule has 0 aliphatic carbocycles. The normalized spacial score (nSPS) is 10.3. The van der Waals surface area contributed by atoms with Gasteiger partial charge in [0.1, 0.15) is 6.54 Å². The van der Waals surface area contributed by atoms with Crippen LogP contribution in [0.1, 0.15) is 59.7 Å². The Morgan fingerprint density at radius 1 is 1.00 bits per heavy atom. The number of ketones is 1. The minimum absolute atomic E-state index is 0.0127. The van der Waals surface area contributed by atoms with Gasteiger partial charge in [0.2, 0.25) is 5.91 Å². The third-order valence-electron chi connectivity index (χ3n) is 3.63. The summed E-state index contributed by atoms with van der Waals surface area (Å²) in [6.07, 6.45) is 1.72. The number of nitrogens with one attached hydrogen (secondary N) is 2. The number of Topliss-reactive ketones (excluding diaryl/α,β-unsaturated/α-hetero) is 1. The average Bonchev–Trinajstić information content (AvgIpc) is 3.12. The first kappa shape index (κ1) is 28.5. The van der Waals surface area contributed by atoms with Crippen LogP contribution in [-0.2, 0) is 22.7 Å². The zero-order valence-corrected chi connectivity index (χ0v) is 20.5. The predicted molar refractivity (Wildman–Crippen MR) is 127 cm³/mol. The molecule has 0 spiro atoms. The fourth-order valence-electron chi connectivity index (χ4n) is 1.93. The van der Waals surface area contributed by atoms with Crippen LogP contribution in [0, 0.1) is 18.8 Å². The first-order chi connectivity index (χ1) is 14.5. The predicted octanol–water partition coefficient (Wildman–Crippen LogP) is 3.77. The summed E-state index contributed by atoms with van der Waals surface area (Å²) in [5.41, 5.74) is 2.10. The summed E-state index contributed by atoms with van der Waals surface area (Å²) in [6.45, 7) is 17.0. The quantitative estimate of drug-likeness (QED) is 0.664.